The fourth-order valence-corrected chi connectivity index (χ4v) is 2.13. The van der Waals surface area contributed by atoms with Gasteiger partial charge in [0.25, 0.3) is 0 Å². The topological polar surface area (TPSA) is 50.9 Å². The summed E-state index contributed by atoms with van der Waals surface area (Å²) in [6.45, 7) is 0.659. The van der Waals surface area contributed by atoms with E-state index in [0.717, 1.165) is 17.0 Å². The molecule has 0 atom stereocenters. The van der Waals surface area contributed by atoms with Crippen LogP contribution in [0.25, 0.3) is 11.2 Å². The first-order valence-electron chi connectivity index (χ1n) is 5.42. The van der Waals surface area contributed by atoms with E-state index in [1.807, 2.05) is 10.6 Å². The molecule has 2 heterocycles. The summed E-state index contributed by atoms with van der Waals surface area (Å²) < 4.78 is 2.00. The van der Waals surface area contributed by atoms with Crippen LogP contribution in [0, 0.1) is 0 Å². The molecule has 0 aromatic carbocycles. The van der Waals surface area contributed by atoms with Gasteiger partial charge in [-0.15, -0.1) is 0 Å². The van der Waals surface area contributed by atoms with E-state index in [2.05, 4.69) is 9.97 Å². The van der Waals surface area contributed by atoms with E-state index < -0.39 is 0 Å². The van der Waals surface area contributed by atoms with Gasteiger partial charge in [-0.25, -0.2) is 9.97 Å². The second-order valence-electron chi connectivity index (χ2n) is 4.12. The molecule has 4 nitrogen and oxygen atoms in total. The van der Waals surface area contributed by atoms with Crippen molar-refractivity contribution in [2.75, 3.05) is 6.61 Å². The summed E-state index contributed by atoms with van der Waals surface area (Å²) in [6.07, 6.45) is 3.99. The van der Waals surface area contributed by atoms with Gasteiger partial charge in [-0.05, 0) is 18.9 Å². The van der Waals surface area contributed by atoms with E-state index in [0.29, 0.717) is 17.5 Å². The summed E-state index contributed by atoms with van der Waals surface area (Å²) in [7, 11) is 0. The summed E-state index contributed by atoms with van der Waals surface area (Å²) >= 11 is 5.89. The van der Waals surface area contributed by atoms with Crippen LogP contribution in [-0.4, -0.2) is 26.2 Å². The number of hydrogen-bond donors (Lipinski definition) is 1. The smallest absolute Gasteiger partial charge is 0.160 e. The molecule has 2 aromatic rings. The number of fused-ring (bicyclic) bond motifs is 1. The molecule has 5 heteroatoms. The van der Waals surface area contributed by atoms with E-state index in [-0.39, 0.29) is 6.61 Å². The molecule has 0 bridgehead atoms. The molecule has 3 rings (SSSR count). The van der Waals surface area contributed by atoms with Gasteiger partial charge in [-0.1, -0.05) is 11.6 Å². The molecular weight excluding hydrogens is 226 g/mol. The number of rotatable bonds is 3. The highest BCUT2D eigenvalue weighted by molar-refractivity contribution is 6.31. The number of aliphatic hydroxyl groups excluding tert-OH is 1. The lowest BCUT2D eigenvalue weighted by atomic mass is 10.4. The third-order valence-electron chi connectivity index (χ3n) is 2.85. The van der Waals surface area contributed by atoms with Crippen molar-refractivity contribution in [2.45, 2.75) is 25.3 Å². The first-order valence-corrected chi connectivity index (χ1v) is 5.80. The van der Waals surface area contributed by atoms with Crippen molar-refractivity contribution in [3.63, 3.8) is 0 Å². The lowest BCUT2D eigenvalue weighted by Gasteiger charge is -2.04. The molecule has 0 aliphatic heterocycles. The van der Waals surface area contributed by atoms with Crippen molar-refractivity contribution < 1.29 is 5.11 Å². The molecule has 84 valence electrons. The number of halogens is 1. The number of hydrogen-bond acceptors (Lipinski definition) is 3. The number of pyridine rings is 1. The Morgan fingerprint density at radius 1 is 1.50 bits per heavy atom. The lowest BCUT2D eigenvalue weighted by molar-refractivity contribution is 0.275. The van der Waals surface area contributed by atoms with Crippen molar-refractivity contribution in [2.24, 2.45) is 0 Å². The molecule has 0 radical (unpaired) electrons. The minimum Gasteiger partial charge on any atom is -0.395 e. The van der Waals surface area contributed by atoms with E-state index in [1.165, 1.54) is 12.8 Å². The predicted octanol–water partition coefficient (Wildman–Crippen LogP) is 1.95. The van der Waals surface area contributed by atoms with Crippen LogP contribution in [-0.2, 0) is 6.54 Å². The van der Waals surface area contributed by atoms with E-state index >= 15 is 0 Å². The van der Waals surface area contributed by atoms with Crippen molar-refractivity contribution in [1.82, 2.24) is 14.5 Å². The summed E-state index contributed by atoms with van der Waals surface area (Å²) in [5.41, 5.74) is 1.64. The first-order chi connectivity index (χ1) is 7.79. The normalized spacial score (nSPS) is 15.9. The van der Waals surface area contributed by atoms with Gasteiger partial charge in [0.1, 0.15) is 11.3 Å². The van der Waals surface area contributed by atoms with Gasteiger partial charge in [0.15, 0.2) is 5.65 Å². The average Bonchev–Trinajstić information content (AvgIpc) is 3.04. The maximum Gasteiger partial charge on any atom is 0.160 e. The monoisotopic (exact) mass is 237 g/mol. The fraction of sp³-hybridized carbons (Fsp3) is 0.455. The quantitative estimate of drug-likeness (QED) is 0.888. The van der Waals surface area contributed by atoms with Crippen LogP contribution in [0.2, 0.25) is 5.02 Å². The molecule has 1 fully saturated rings. The Hall–Kier alpha value is -1.13. The molecule has 2 aromatic heterocycles. The maximum atomic E-state index is 9.08. The summed E-state index contributed by atoms with van der Waals surface area (Å²) in [6, 6.07) is 1.82. The number of aromatic nitrogens is 3. The van der Waals surface area contributed by atoms with E-state index in [9.17, 15) is 0 Å². The molecule has 0 saturated heterocycles. The Morgan fingerprint density at radius 2 is 2.31 bits per heavy atom. The number of nitrogens with zero attached hydrogens (tertiary/aromatic N) is 3. The SMILES string of the molecule is OCCn1c(C2CC2)nc2cc(Cl)cnc21. The van der Waals surface area contributed by atoms with Crippen LogP contribution in [0.3, 0.4) is 0 Å². The Balaban J connectivity index is 2.19. The molecule has 16 heavy (non-hydrogen) atoms. The van der Waals surface area contributed by atoms with E-state index in [1.54, 1.807) is 6.20 Å². The van der Waals surface area contributed by atoms with Gasteiger partial charge in [-0.3, -0.25) is 0 Å². The van der Waals surface area contributed by atoms with Crippen LogP contribution < -0.4 is 0 Å². The van der Waals surface area contributed by atoms with Gasteiger partial charge < -0.3 is 9.67 Å². The summed E-state index contributed by atoms with van der Waals surface area (Å²) in [5.74, 6) is 1.58. The van der Waals surface area contributed by atoms with Crippen molar-refractivity contribution >= 4 is 22.8 Å². The van der Waals surface area contributed by atoms with Crippen LogP contribution in [0.4, 0.5) is 0 Å². The van der Waals surface area contributed by atoms with Crippen LogP contribution in [0.15, 0.2) is 12.3 Å². The van der Waals surface area contributed by atoms with Gasteiger partial charge in [-0.2, -0.15) is 0 Å². The third-order valence-corrected chi connectivity index (χ3v) is 3.05. The minimum atomic E-state index is 0.107. The van der Waals surface area contributed by atoms with Crippen molar-refractivity contribution in [3.8, 4) is 0 Å². The predicted molar refractivity (Wildman–Crippen MR) is 61.6 cm³/mol. The highest BCUT2D eigenvalue weighted by Gasteiger charge is 2.29. The zero-order chi connectivity index (χ0) is 11.1. The summed E-state index contributed by atoms with van der Waals surface area (Å²) in [4.78, 5) is 8.85. The Bertz CT molecular complexity index is 533. The zero-order valence-electron chi connectivity index (χ0n) is 8.73. The molecule has 0 spiro atoms. The Morgan fingerprint density at radius 3 is 3.00 bits per heavy atom. The molecule has 0 unspecified atom stereocenters. The number of aliphatic hydroxyl groups is 1. The standard InChI is InChI=1S/C11H12ClN3O/c12-8-5-9-11(13-6-8)15(3-4-16)10(14-9)7-1-2-7/h5-7,16H,1-4H2. The third kappa shape index (κ3) is 1.58. The van der Waals surface area contributed by atoms with Crippen LogP contribution >= 0.6 is 11.6 Å². The zero-order valence-corrected chi connectivity index (χ0v) is 9.48. The van der Waals surface area contributed by atoms with Crippen molar-refractivity contribution in [1.29, 1.82) is 0 Å². The van der Waals surface area contributed by atoms with E-state index in [4.69, 9.17) is 16.7 Å². The molecule has 1 N–H and O–H groups in total. The van der Waals surface area contributed by atoms with Gasteiger partial charge in [0.05, 0.1) is 11.6 Å². The average molecular weight is 238 g/mol. The molecule has 1 aliphatic rings. The highest BCUT2D eigenvalue weighted by atomic mass is 35.5. The maximum absolute atomic E-state index is 9.08. The number of imidazole rings is 1. The highest BCUT2D eigenvalue weighted by Crippen LogP contribution is 2.40. The lowest BCUT2D eigenvalue weighted by Crippen LogP contribution is -2.06. The minimum absolute atomic E-state index is 0.107. The Labute approximate surface area is 97.9 Å². The Kier molecular flexibility index (Phi) is 2.33. The molecule has 1 aliphatic carbocycles. The first kappa shape index (κ1) is 10.1. The van der Waals surface area contributed by atoms with Crippen LogP contribution in [0.1, 0.15) is 24.6 Å². The molecule has 0 amide bonds. The van der Waals surface area contributed by atoms with Crippen molar-refractivity contribution in [3.05, 3.63) is 23.1 Å². The molecular formula is C11H12ClN3O. The van der Waals surface area contributed by atoms with Gasteiger partial charge >= 0.3 is 0 Å². The summed E-state index contributed by atoms with van der Waals surface area (Å²) in [5, 5.41) is 9.68. The largest absolute Gasteiger partial charge is 0.395 e. The van der Waals surface area contributed by atoms with Gasteiger partial charge in [0, 0.05) is 18.7 Å². The fourth-order valence-electron chi connectivity index (χ4n) is 1.98. The van der Waals surface area contributed by atoms with Crippen LogP contribution in [0.5, 0.6) is 0 Å². The second kappa shape index (κ2) is 3.71. The molecule has 1 saturated carbocycles. The van der Waals surface area contributed by atoms with Gasteiger partial charge in [0.2, 0.25) is 0 Å². The second-order valence-corrected chi connectivity index (χ2v) is 4.55.